The maximum Gasteiger partial charge on any atom is 0.262 e. The molecular weight excluding hydrogens is 383 g/mol. The summed E-state index contributed by atoms with van der Waals surface area (Å²) < 4.78 is 24.3. The lowest BCUT2D eigenvalue weighted by Crippen LogP contribution is -2.20. The zero-order valence-corrected chi connectivity index (χ0v) is 16.3. The maximum atomic E-state index is 13.3. The summed E-state index contributed by atoms with van der Waals surface area (Å²) in [6.45, 7) is -0.216. The van der Waals surface area contributed by atoms with Crippen LogP contribution in [0.15, 0.2) is 78.9 Å². The molecule has 4 aromatic rings. The monoisotopic (exact) mass is 402 g/mol. The van der Waals surface area contributed by atoms with Gasteiger partial charge in [-0.25, -0.2) is 9.37 Å². The molecule has 6 heteroatoms. The topological polar surface area (TPSA) is 60.5 Å². The van der Waals surface area contributed by atoms with Gasteiger partial charge in [-0.15, -0.1) is 0 Å². The van der Waals surface area contributed by atoms with E-state index in [-0.39, 0.29) is 12.5 Å². The van der Waals surface area contributed by atoms with Gasteiger partial charge in [-0.2, -0.15) is 0 Å². The Labute approximate surface area is 173 Å². The van der Waals surface area contributed by atoms with Crippen molar-refractivity contribution in [1.82, 2.24) is 4.98 Å². The van der Waals surface area contributed by atoms with E-state index in [1.54, 1.807) is 19.2 Å². The number of carbonyl (C=O) groups excluding carboxylic acids is 1. The third kappa shape index (κ3) is 4.38. The third-order valence-corrected chi connectivity index (χ3v) is 4.53. The summed E-state index contributed by atoms with van der Waals surface area (Å²) in [5.41, 5.74) is 2.75. The number of amides is 1. The van der Waals surface area contributed by atoms with Crippen LogP contribution < -0.4 is 14.8 Å². The van der Waals surface area contributed by atoms with E-state index in [0.717, 1.165) is 27.9 Å². The fraction of sp³-hybridized carbons (Fsp3) is 0.0833. The minimum atomic E-state index is -0.419. The number of methoxy groups -OCH3 is 1. The van der Waals surface area contributed by atoms with Crippen LogP contribution in [0.1, 0.15) is 0 Å². The molecule has 1 aromatic heterocycles. The number of nitrogens with one attached hydrogen (secondary N) is 1. The van der Waals surface area contributed by atoms with Crippen LogP contribution in [0.4, 0.5) is 10.1 Å². The van der Waals surface area contributed by atoms with Crippen LogP contribution in [-0.2, 0) is 4.79 Å². The summed E-state index contributed by atoms with van der Waals surface area (Å²) in [6, 6.07) is 22.6. The third-order valence-electron chi connectivity index (χ3n) is 4.53. The molecule has 0 bridgehead atoms. The molecule has 0 aliphatic rings. The van der Waals surface area contributed by atoms with Gasteiger partial charge in [0.05, 0.1) is 18.3 Å². The summed E-state index contributed by atoms with van der Waals surface area (Å²) in [5.74, 6) is 0.497. The Hall–Kier alpha value is -3.93. The number of hydrogen-bond donors (Lipinski definition) is 1. The van der Waals surface area contributed by atoms with Crippen LogP contribution in [0.5, 0.6) is 11.5 Å². The number of para-hydroxylation sites is 1. The first-order valence-corrected chi connectivity index (χ1v) is 9.35. The van der Waals surface area contributed by atoms with Gasteiger partial charge in [0.15, 0.2) is 6.61 Å². The van der Waals surface area contributed by atoms with Crippen LogP contribution in [0, 0.1) is 5.82 Å². The van der Waals surface area contributed by atoms with E-state index < -0.39 is 5.82 Å². The first kappa shape index (κ1) is 19.4. The molecule has 0 spiro atoms. The van der Waals surface area contributed by atoms with Crippen molar-refractivity contribution >= 4 is 22.5 Å². The molecule has 0 radical (unpaired) electrons. The predicted molar refractivity (Wildman–Crippen MR) is 114 cm³/mol. The van der Waals surface area contributed by atoms with Gasteiger partial charge in [0.2, 0.25) is 0 Å². The van der Waals surface area contributed by atoms with E-state index in [2.05, 4.69) is 5.32 Å². The van der Waals surface area contributed by atoms with Crippen molar-refractivity contribution in [1.29, 1.82) is 0 Å². The molecule has 30 heavy (non-hydrogen) atoms. The smallest absolute Gasteiger partial charge is 0.262 e. The molecule has 3 aromatic carbocycles. The van der Waals surface area contributed by atoms with E-state index in [1.165, 1.54) is 18.2 Å². The Balaban J connectivity index is 1.58. The Morgan fingerprint density at radius 1 is 1.00 bits per heavy atom. The minimum Gasteiger partial charge on any atom is -0.497 e. The molecule has 0 aliphatic heterocycles. The van der Waals surface area contributed by atoms with Gasteiger partial charge in [0.1, 0.15) is 17.3 Å². The Kier molecular flexibility index (Phi) is 5.57. The molecular formula is C24H19FN2O3. The maximum absolute atomic E-state index is 13.3. The second-order valence-electron chi connectivity index (χ2n) is 6.60. The van der Waals surface area contributed by atoms with Crippen LogP contribution in [0.3, 0.4) is 0 Å². The number of carbonyl (C=O) groups is 1. The quantitative estimate of drug-likeness (QED) is 0.489. The second-order valence-corrected chi connectivity index (χ2v) is 6.60. The average molecular weight is 402 g/mol. The lowest BCUT2D eigenvalue weighted by Gasteiger charge is -2.12. The molecule has 1 amide bonds. The van der Waals surface area contributed by atoms with Crippen molar-refractivity contribution in [2.75, 3.05) is 19.0 Å². The van der Waals surface area contributed by atoms with Crippen LogP contribution >= 0.6 is 0 Å². The van der Waals surface area contributed by atoms with Gasteiger partial charge in [-0.1, -0.05) is 18.2 Å². The van der Waals surface area contributed by atoms with Gasteiger partial charge in [-0.3, -0.25) is 4.79 Å². The number of fused-ring (bicyclic) bond motifs is 1. The number of halogens is 1. The highest BCUT2D eigenvalue weighted by Gasteiger charge is 2.11. The molecule has 1 N–H and O–H groups in total. The summed E-state index contributed by atoms with van der Waals surface area (Å²) in [7, 11) is 1.62. The molecule has 0 unspecified atom stereocenters. The number of benzene rings is 3. The molecule has 4 rings (SSSR count). The lowest BCUT2D eigenvalue weighted by atomic mass is 10.1. The normalized spacial score (nSPS) is 10.6. The number of rotatable bonds is 6. The average Bonchev–Trinajstić information content (AvgIpc) is 2.77. The van der Waals surface area contributed by atoms with E-state index in [1.807, 2.05) is 48.5 Å². The van der Waals surface area contributed by atoms with Crippen molar-refractivity contribution in [3.05, 3.63) is 84.7 Å². The number of ether oxygens (including phenoxy) is 2. The SMILES string of the molecule is COc1ccc(-c2cc(OCC(=O)Nc3cccc(F)c3)c3ccccc3n2)cc1. The molecule has 0 aliphatic carbocycles. The lowest BCUT2D eigenvalue weighted by molar-refractivity contribution is -0.118. The van der Waals surface area contributed by atoms with E-state index in [0.29, 0.717) is 11.4 Å². The van der Waals surface area contributed by atoms with Crippen molar-refractivity contribution < 1.29 is 18.7 Å². The standard InChI is InChI=1S/C24H19FN2O3/c1-29-19-11-9-16(10-12-19)22-14-23(20-7-2-3-8-21(20)27-22)30-15-24(28)26-18-6-4-5-17(25)13-18/h2-14H,15H2,1H3,(H,26,28). The van der Waals surface area contributed by atoms with Gasteiger partial charge >= 0.3 is 0 Å². The highest BCUT2D eigenvalue weighted by atomic mass is 19.1. The van der Waals surface area contributed by atoms with E-state index in [9.17, 15) is 9.18 Å². The van der Waals surface area contributed by atoms with Crippen LogP contribution in [0.25, 0.3) is 22.2 Å². The molecule has 0 saturated carbocycles. The summed E-state index contributed by atoms with van der Waals surface area (Å²) in [5, 5.41) is 3.43. The second kappa shape index (κ2) is 8.61. The molecule has 0 fully saturated rings. The Morgan fingerprint density at radius 3 is 2.57 bits per heavy atom. The zero-order valence-electron chi connectivity index (χ0n) is 16.3. The number of nitrogens with zero attached hydrogens (tertiary/aromatic N) is 1. The fourth-order valence-electron chi connectivity index (χ4n) is 3.08. The number of aromatic nitrogens is 1. The van der Waals surface area contributed by atoms with Gasteiger partial charge in [0, 0.05) is 22.7 Å². The highest BCUT2D eigenvalue weighted by Crippen LogP contribution is 2.30. The first-order valence-electron chi connectivity index (χ1n) is 9.35. The van der Waals surface area contributed by atoms with Gasteiger partial charge in [0.25, 0.3) is 5.91 Å². The summed E-state index contributed by atoms with van der Waals surface area (Å²) >= 11 is 0. The minimum absolute atomic E-state index is 0.216. The molecule has 0 saturated heterocycles. The van der Waals surface area contributed by atoms with E-state index in [4.69, 9.17) is 14.5 Å². The Bertz CT molecular complexity index is 1190. The number of anilines is 1. The summed E-state index contributed by atoms with van der Waals surface area (Å²) in [4.78, 5) is 17.0. The first-order chi connectivity index (χ1) is 14.6. The summed E-state index contributed by atoms with van der Waals surface area (Å²) in [6.07, 6.45) is 0. The highest BCUT2D eigenvalue weighted by molar-refractivity contribution is 5.93. The van der Waals surface area contributed by atoms with Crippen molar-refractivity contribution in [3.8, 4) is 22.8 Å². The van der Waals surface area contributed by atoms with Crippen LogP contribution in [-0.4, -0.2) is 24.6 Å². The van der Waals surface area contributed by atoms with Crippen molar-refractivity contribution in [2.45, 2.75) is 0 Å². The number of hydrogen-bond acceptors (Lipinski definition) is 4. The zero-order chi connectivity index (χ0) is 20.9. The van der Waals surface area contributed by atoms with E-state index >= 15 is 0 Å². The van der Waals surface area contributed by atoms with Gasteiger partial charge in [-0.05, 0) is 54.6 Å². The molecule has 5 nitrogen and oxygen atoms in total. The van der Waals surface area contributed by atoms with Gasteiger partial charge < -0.3 is 14.8 Å². The van der Waals surface area contributed by atoms with Crippen molar-refractivity contribution in [2.24, 2.45) is 0 Å². The molecule has 150 valence electrons. The predicted octanol–water partition coefficient (Wildman–Crippen LogP) is 5.07. The van der Waals surface area contributed by atoms with Crippen molar-refractivity contribution in [3.63, 3.8) is 0 Å². The fourth-order valence-corrected chi connectivity index (χ4v) is 3.08. The number of pyridine rings is 1. The Morgan fingerprint density at radius 2 is 1.80 bits per heavy atom. The van der Waals surface area contributed by atoms with Crippen LogP contribution in [0.2, 0.25) is 0 Å². The molecule has 1 heterocycles. The molecule has 0 atom stereocenters. The largest absolute Gasteiger partial charge is 0.497 e.